The van der Waals surface area contributed by atoms with Crippen LogP contribution in [-0.4, -0.2) is 78.1 Å². The van der Waals surface area contributed by atoms with Crippen molar-refractivity contribution in [1.82, 2.24) is 14.8 Å². The fraction of sp³-hybridized carbons (Fsp3) is 0.348. The molecule has 4 rings (SSSR count). The lowest BCUT2D eigenvalue weighted by Gasteiger charge is -2.31. The minimum atomic E-state index is -0.691. The minimum absolute atomic E-state index is 0.0754. The number of aliphatic hydroxyl groups excluding tert-OH is 1. The molecule has 31 heavy (non-hydrogen) atoms. The maximum atomic E-state index is 13.0. The van der Waals surface area contributed by atoms with E-state index in [1.165, 1.54) is 7.11 Å². The van der Waals surface area contributed by atoms with Gasteiger partial charge in [-0.2, -0.15) is 0 Å². The van der Waals surface area contributed by atoms with Gasteiger partial charge in [0.1, 0.15) is 11.5 Å². The van der Waals surface area contributed by atoms with E-state index in [1.54, 1.807) is 53.7 Å². The number of nitrogens with zero attached hydrogens (tertiary/aromatic N) is 3. The van der Waals surface area contributed by atoms with Crippen LogP contribution in [0.2, 0.25) is 0 Å². The van der Waals surface area contributed by atoms with Gasteiger partial charge >= 0.3 is 0 Å². The molecule has 0 saturated carbocycles. The van der Waals surface area contributed by atoms with Crippen LogP contribution in [0, 0.1) is 0 Å². The van der Waals surface area contributed by atoms with E-state index in [1.807, 2.05) is 0 Å². The van der Waals surface area contributed by atoms with Gasteiger partial charge in [-0.05, 0) is 29.8 Å². The van der Waals surface area contributed by atoms with Crippen molar-refractivity contribution in [3.63, 3.8) is 0 Å². The highest BCUT2D eigenvalue weighted by Crippen LogP contribution is 2.39. The Morgan fingerprint density at radius 2 is 1.90 bits per heavy atom. The van der Waals surface area contributed by atoms with Crippen LogP contribution in [0.25, 0.3) is 5.76 Å². The van der Waals surface area contributed by atoms with Crippen LogP contribution in [-0.2, 0) is 14.3 Å². The van der Waals surface area contributed by atoms with Gasteiger partial charge in [0.25, 0.3) is 11.7 Å². The van der Waals surface area contributed by atoms with Gasteiger partial charge in [-0.25, -0.2) is 0 Å². The van der Waals surface area contributed by atoms with E-state index in [4.69, 9.17) is 9.47 Å². The van der Waals surface area contributed by atoms with Crippen LogP contribution < -0.4 is 4.74 Å². The van der Waals surface area contributed by atoms with Crippen molar-refractivity contribution in [3.8, 4) is 5.75 Å². The topological polar surface area (TPSA) is 92.2 Å². The van der Waals surface area contributed by atoms with Crippen LogP contribution in [0.1, 0.15) is 17.2 Å². The molecule has 2 aliphatic heterocycles. The van der Waals surface area contributed by atoms with Crippen LogP contribution >= 0.6 is 0 Å². The van der Waals surface area contributed by atoms with E-state index in [-0.39, 0.29) is 11.3 Å². The van der Waals surface area contributed by atoms with Crippen LogP contribution in [0.15, 0.2) is 54.4 Å². The fourth-order valence-electron chi connectivity index (χ4n) is 4.00. The summed E-state index contributed by atoms with van der Waals surface area (Å²) in [4.78, 5) is 33.8. The lowest BCUT2D eigenvalue weighted by Crippen LogP contribution is -2.42. The Balaban J connectivity index is 1.72. The molecule has 0 spiro atoms. The van der Waals surface area contributed by atoms with Crippen LogP contribution in [0.4, 0.5) is 0 Å². The molecule has 2 saturated heterocycles. The number of morpholine rings is 1. The molecule has 1 atom stereocenters. The number of likely N-dealkylation sites (tertiary alicyclic amines) is 1. The van der Waals surface area contributed by atoms with Gasteiger partial charge in [-0.3, -0.25) is 19.5 Å². The van der Waals surface area contributed by atoms with Gasteiger partial charge in [-0.1, -0.05) is 12.1 Å². The maximum absolute atomic E-state index is 13.0. The first-order valence-corrected chi connectivity index (χ1v) is 10.2. The summed E-state index contributed by atoms with van der Waals surface area (Å²) in [5, 5.41) is 11.1. The van der Waals surface area contributed by atoms with Crippen LogP contribution in [0.5, 0.6) is 5.75 Å². The molecule has 1 aromatic heterocycles. The number of ether oxygens (including phenoxy) is 2. The third-order valence-corrected chi connectivity index (χ3v) is 5.67. The molecule has 8 nitrogen and oxygen atoms in total. The monoisotopic (exact) mass is 423 g/mol. The number of ketones is 1. The van der Waals surface area contributed by atoms with E-state index in [9.17, 15) is 14.7 Å². The summed E-state index contributed by atoms with van der Waals surface area (Å²) in [5.74, 6) is -0.970. The molecule has 2 aromatic rings. The van der Waals surface area contributed by atoms with Crippen molar-refractivity contribution >= 4 is 17.4 Å². The predicted molar refractivity (Wildman–Crippen MR) is 113 cm³/mol. The van der Waals surface area contributed by atoms with Gasteiger partial charge in [-0.15, -0.1) is 0 Å². The summed E-state index contributed by atoms with van der Waals surface area (Å²) in [6.07, 6.45) is 3.23. The van der Waals surface area contributed by atoms with Crippen molar-refractivity contribution in [2.75, 3.05) is 46.5 Å². The van der Waals surface area contributed by atoms with E-state index in [0.29, 0.717) is 37.6 Å². The van der Waals surface area contributed by atoms with Gasteiger partial charge < -0.3 is 19.5 Å². The van der Waals surface area contributed by atoms with Crippen molar-refractivity contribution in [3.05, 3.63) is 65.5 Å². The molecule has 3 heterocycles. The van der Waals surface area contributed by atoms with E-state index in [0.717, 1.165) is 18.7 Å². The molecular weight excluding hydrogens is 398 g/mol. The Bertz CT molecular complexity index is 986. The molecule has 2 aliphatic rings. The number of hydrogen-bond donors (Lipinski definition) is 1. The Morgan fingerprint density at radius 1 is 1.16 bits per heavy atom. The lowest BCUT2D eigenvalue weighted by atomic mass is 9.96. The number of aliphatic hydroxyl groups is 1. The predicted octanol–water partition coefficient (Wildman–Crippen LogP) is 1.84. The molecule has 1 unspecified atom stereocenters. The first kappa shape index (κ1) is 21.0. The van der Waals surface area contributed by atoms with Crippen molar-refractivity contribution in [2.45, 2.75) is 6.04 Å². The molecule has 2 fully saturated rings. The number of carbonyl (C=O) groups is 2. The van der Waals surface area contributed by atoms with E-state index < -0.39 is 17.7 Å². The summed E-state index contributed by atoms with van der Waals surface area (Å²) in [5.41, 5.74) is 1.22. The van der Waals surface area contributed by atoms with Crippen molar-refractivity contribution in [2.24, 2.45) is 0 Å². The fourth-order valence-corrected chi connectivity index (χ4v) is 4.00. The highest BCUT2D eigenvalue weighted by molar-refractivity contribution is 6.46. The quantitative estimate of drug-likeness (QED) is 0.431. The van der Waals surface area contributed by atoms with Gasteiger partial charge in [0.2, 0.25) is 0 Å². The number of carbonyl (C=O) groups excluding carboxylic acids is 2. The largest absolute Gasteiger partial charge is 0.507 e. The van der Waals surface area contributed by atoms with E-state index >= 15 is 0 Å². The summed E-state index contributed by atoms with van der Waals surface area (Å²) in [6, 6.07) is 9.63. The van der Waals surface area contributed by atoms with Gasteiger partial charge in [0.15, 0.2) is 0 Å². The third kappa shape index (κ3) is 4.30. The molecule has 1 aromatic carbocycles. The van der Waals surface area contributed by atoms with Gasteiger partial charge in [0.05, 0.1) is 31.9 Å². The second kappa shape index (κ2) is 9.28. The normalized spacial score (nSPS) is 21.5. The Labute approximate surface area is 180 Å². The molecule has 0 radical (unpaired) electrons. The maximum Gasteiger partial charge on any atom is 0.295 e. The molecule has 8 heteroatoms. The van der Waals surface area contributed by atoms with Crippen LogP contribution in [0.3, 0.4) is 0 Å². The second-order valence-corrected chi connectivity index (χ2v) is 7.46. The van der Waals surface area contributed by atoms with Gasteiger partial charge in [0, 0.05) is 44.1 Å². The van der Waals surface area contributed by atoms with E-state index in [2.05, 4.69) is 9.88 Å². The number of hydrogen-bond acceptors (Lipinski definition) is 7. The summed E-state index contributed by atoms with van der Waals surface area (Å²) >= 11 is 0. The third-order valence-electron chi connectivity index (χ3n) is 5.67. The standard InChI is InChI=1S/C23H25N3O5/c1-30-18-4-2-3-17(15-18)21(27)19-20(16-5-7-24-8-6-16)26(23(29)22(19)28)10-9-25-11-13-31-14-12-25/h2-8,15,20,27H,9-14H2,1H3/b21-19-. The molecule has 1 N–H and O–H groups in total. The Hall–Kier alpha value is -3.23. The summed E-state index contributed by atoms with van der Waals surface area (Å²) in [6.45, 7) is 3.87. The van der Waals surface area contributed by atoms with Crippen molar-refractivity contribution in [1.29, 1.82) is 0 Å². The smallest absolute Gasteiger partial charge is 0.295 e. The molecule has 162 valence electrons. The molecule has 1 amide bonds. The number of Topliss-reactive ketones (excluding diaryl/α,β-unsaturated/α-hetero) is 1. The van der Waals surface area contributed by atoms with Crippen molar-refractivity contribution < 1.29 is 24.2 Å². The zero-order chi connectivity index (χ0) is 21.8. The SMILES string of the molecule is COc1cccc(/C(O)=C2/C(=O)C(=O)N(CCN3CCOCC3)C2c2ccncc2)c1. The number of benzene rings is 1. The summed E-state index contributed by atoms with van der Waals surface area (Å²) < 4.78 is 10.6. The highest BCUT2D eigenvalue weighted by Gasteiger charge is 2.46. The highest BCUT2D eigenvalue weighted by atomic mass is 16.5. The Morgan fingerprint density at radius 3 is 2.61 bits per heavy atom. The number of methoxy groups -OCH3 is 1. The number of rotatable bonds is 6. The first-order valence-electron chi connectivity index (χ1n) is 10.2. The lowest BCUT2D eigenvalue weighted by molar-refractivity contribution is -0.140. The number of amides is 1. The average Bonchev–Trinajstić information content (AvgIpc) is 3.08. The zero-order valence-electron chi connectivity index (χ0n) is 17.4. The minimum Gasteiger partial charge on any atom is -0.507 e. The first-order chi connectivity index (χ1) is 15.1. The zero-order valence-corrected chi connectivity index (χ0v) is 17.4. The molecule has 0 bridgehead atoms. The average molecular weight is 423 g/mol. The second-order valence-electron chi connectivity index (χ2n) is 7.46. The number of pyridine rings is 1. The Kier molecular flexibility index (Phi) is 6.29. The molecular formula is C23H25N3O5. The summed E-state index contributed by atoms with van der Waals surface area (Å²) in [7, 11) is 1.53. The number of aromatic nitrogens is 1. The molecule has 0 aliphatic carbocycles.